The van der Waals surface area contributed by atoms with E-state index >= 15 is 0 Å². The van der Waals surface area contributed by atoms with Gasteiger partial charge in [0.05, 0.1) is 5.56 Å². The lowest BCUT2D eigenvalue weighted by Crippen LogP contribution is -2.25. The van der Waals surface area contributed by atoms with E-state index in [4.69, 9.17) is 0 Å². The van der Waals surface area contributed by atoms with E-state index in [1.165, 1.54) is 26.2 Å². The number of amides is 1. The van der Waals surface area contributed by atoms with E-state index in [0.29, 0.717) is 11.1 Å². The molecule has 0 saturated heterocycles. The van der Waals surface area contributed by atoms with E-state index in [1.807, 2.05) is 0 Å². The first-order valence-electron chi connectivity index (χ1n) is 8.07. The van der Waals surface area contributed by atoms with Crippen molar-refractivity contribution in [3.05, 3.63) is 83.4 Å². The van der Waals surface area contributed by atoms with Gasteiger partial charge in [-0.2, -0.15) is 0 Å². The van der Waals surface area contributed by atoms with Crippen LogP contribution in [0.2, 0.25) is 0 Å². The quantitative estimate of drug-likeness (QED) is 0.452. The van der Waals surface area contributed by atoms with Crippen LogP contribution in [-0.2, 0) is 0 Å². The topological polar surface area (TPSA) is 20.3 Å². The second kappa shape index (κ2) is 7.23. The van der Waals surface area contributed by atoms with Crippen LogP contribution in [0.4, 0.5) is 17.6 Å². The third kappa shape index (κ3) is 3.18. The third-order valence-corrected chi connectivity index (χ3v) is 4.16. The average molecular weight is 373 g/mol. The van der Waals surface area contributed by atoms with E-state index in [2.05, 4.69) is 0 Å². The molecule has 6 heteroatoms. The molecule has 27 heavy (non-hydrogen) atoms. The normalized spacial score (nSPS) is 10.7. The predicted octanol–water partition coefficient (Wildman–Crippen LogP) is 5.28. The Balaban J connectivity index is 2.31. The molecule has 0 bridgehead atoms. The highest BCUT2D eigenvalue weighted by Crippen LogP contribution is 2.38. The summed E-state index contributed by atoms with van der Waals surface area (Å²) in [7, 11) is 2.46. The van der Waals surface area contributed by atoms with Gasteiger partial charge >= 0.3 is 0 Å². The van der Waals surface area contributed by atoms with Gasteiger partial charge in [-0.1, -0.05) is 54.6 Å². The first-order chi connectivity index (χ1) is 12.8. The van der Waals surface area contributed by atoms with Crippen molar-refractivity contribution in [2.75, 3.05) is 14.1 Å². The Morgan fingerprint density at radius 2 is 1.19 bits per heavy atom. The van der Waals surface area contributed by atoms with Crippen molar-refractivity contribution in [3.63, 3.8) is 0 Å². The zero-order chi connectivity index (χ0) is 19.7. The molecule has 2 nitrogen and oxygen atoms in total. The first-order valence-corrected chi connectivity index (χ1v) is 8.07. The maximum Gasteiger partial charge on any atom is 0.259 e. The van der Waals surface area contributed by atoms with Crippen molar-refractivity contribution in [3.8, 4) is 22.3 Å². The van der Waals surface area contributed by atoms with Crippen molar-refractivity contribution >= 4 is 5.91 Å². The molecule has 0 saturated carbocycles. The standard InChI is InChI=1S/C21H15F4NO/c1-26(2)21(27)16-19(24)17(22)15(18(23)20(16)25)14-11-7-6-10-13(14)12-8-4-3-5-9-12/h3-11H,1-2H3. The van der Waals surface area contributed by atoms with Crippen LogP contribution in [0.5, 0.6) is 0 Å². The van der Waals surface area contributed by atoms with Crippen molar-refractivity contribution in [1.82, 2.24) is 4.90 Å². The molecule has 3 rings (SSSR count). The Labute approximate surface area is 153 Å². The summed E-state index contributed by atoms with van der Waals surface area (Å²) in [4.78, 5) is 12.8. The Morgan fingerprint density at radius 1 is 0.704 bits per heavy atom. The van der Waals surface area contributed by atoms with Crippen LogP contribution in [0, 0.1) is 23.3 Å². The van der Waals surface area contributed by atoms with Gasteiger partial charge in [0.25, 0.3) is 5.91 Å². The summed E-state index contributed by atoms with van der Waals surface area (Å²) in [6, 6.07) is 14.8. The SMILES string of the molecule is CN(C)C(=O)c1c(F)c(F)c(-c2ccccc2-c2ccccc2)c(F)c1F. The third-order valence-electron chi connectivity index (χ3n) is 4.16. The molecular weight excluding hydrogens is 358 g/mol. The minimum atomic E-state index is -1.72. The minimum absolute atomic E-state index is 0.0136. The molecule has 0 spiro atoms. The zero-order valence-corrected chi connectivity index (χ0v) is 14.6. The first kappa shape index (κ1) is 18.6. The van der Waals surface area contributed by atoms with Crippen molar-refractivity contribution in [1.29, 1.82) is 0 Å². The van der Waals surface area contributed by atoms with Crippen LogP contribution in [0.25, 0.3) is 22.3 Å². The fourth-order valence-corrected chi connectivity index (χ4v) is 2.85. The fourth-order valence-electron chi connectivity index (χ4n) is 2.85. The van der Waals surface area contributed by atoms with Crippen LogP contribution in [0.1, 0.15) is 10.4 Å². The number of hydrogen-bond acceptors (Lipinski definition) is 1. The second-order valence-electron chi connectivity index (χ2n) is 6.12. The van der Waals surface area contributed by atoms with Crippen LogP contribution < -0.4 is 0 Å². The lowest BCUT2D eigenvalue weighted by atomic mass is 9.92. The van der Waals surface area contributed by atoms with Gasteiger partial charge in [0, 0.05) is 14.1 Å². The average Bonchev–Trinajstić information content (AvgIpc) is 2.67. The number of rotatable bonds is 3. The molecule has 0 unspecified atom stereocenters. The molecule has 0 aromatic heterocycles. The van der Waals surface area contributed by atoms with E-state index in [9.17, 15) is 22.4 Å². The summed E-state index contributed by atoms with van der Waals surface area (Å²) in [5.74, 6) is -7.81. The van der Waals surface area contributed by atoms with Gasteiger partial charge in [0.2, 0.25) is 0 Å². The van der Waals surface area contributed by atoms with E-state index < -0.39 is 40.3 Å². The molecule has 0 heterocycles. The Morgan fingerprint density at radius 3 is 1.70 bits per heavy atom. The maximum atomic E-state index is 14.8. The van der Waals surface area contributed by atoms with Crippen LogP contribution in [0.3, 0.4) is 0 Å². The highest BCUT2D eigenvalue weighted by Gasteiger charge is 2.31. The molecule has 0 aliphatic carbocycles. The Bertz CT molecular complexity index is 987. The van der Waals surface area contributed by atoms with E-state index in [1.54, 1.807) is 42.5 Å². The summed E-state index contributed by atoms with van der Waals surface area (Å²) < 4.78 is 58.5. The molecule has 0 aliphatic heterocycles. The highest BCUT2D eigenvalue weighted by atomic mass is 19.2. The number of benzene rings is 3. The lowest BCUT2D eigenvalue weighted by Gasteiger charge is -2.17. The summed E-state index contributed by atoms with van der Waals surface area (Å²) in [6.45, 7) is 0. The molecule has 0 radical (unpaired) electrons. The van der Waals surface area contributed by atoms with Gasteiger partial charge in [-0.25, -0.2) is 17.6 Å². The van der Waals surface area contributed by atoms with Gasteiger partial charge < -0.3 is 4.90 Å². The van der Waals surface area contributed by atoms with Gasteiger partial charge in [-0.15, -0.1) is 0 Å². The largest absolute Gasteiger partial charge is 0.345 e. The minimum Gasteiger partial charge on any atom is -0.345 e. The summed E-state index contributed by atoms with van der Waals surface area (Å²) in [5, 5.41) is 0. The molecule has 0 atom stereocenters. The van der Waals surface area contributed by atoms with E-state index in [0.717, 1.165) is 4.90 Å². The summed E-state index contributed by atoms with van der Waals surface area (Å²) >= 11 is 0. The monoisotopic (exact) mass is 373 g/mol. The van der Waals surface area contributed by atoms with Gasteiger partial charge in [-0.3, -0.25) is 4.79 Å². The van der Waals surface area contributed by atoms with Crippen LogP contribution in [-0.4, -0.2) is 24.9 Å². The smallest absolute Gasteiger partial charge is 0.259 e. The van der Waals surface area contributed by atoms with Gasteiger partial charge in [0.1, 0.15) is 5.56 Å². The van der Waals surface area contributed by atoms with Crippen molar-refractivity contribution in [2.45, 2.75) is 0 Å². The second-order valence-corrected chi connectivity index (χ2v) is 6.12. The van der Waals surface area contributed by atoms with Crippen LogP contribution >= 0.6 is 0 Å². The molecule has 0 aliphatic rings. The van der Waals surface area contributed by atoms with Crippen molar-refractivity contribution in [2.24, 2.45) is 0 Å². The predicted molar refractivity (Wildman–Crippen MR) is 95.2 cm³/mol. The molecule has 1 amide bonds. The number of hydrogen-bond donors (Lipinski definition) is 0. The molecule has 138 valence electrons. The number of halogens is 4. The number of carbonyl (C=O) groups excluding carboxylic acids is 1. The zero-order valence-electron chi connectivity index (χ0n) is 14.6. The fraction of sp³-hybridized carbons (Fsp3) is 0.0952. The Hall–Kier alpha value is -3.15. The molecule has 0 fully saturated rings. The molecule has 3 aromatic rings. The van der Waals surface area contributed by atoms with Gasteiger partial charge in [0.15, 0.2) is 23.3 Å². The van der Waals surface area contributed by atoms with Gasteiger partial charge in [-0.05, 0) is 16.7 Å². The summed E-state index contributed by atoms with van der Waals surface area (Å²) in [6.07, 6.45) is 0. The van der Waals surface area contributed by atoms with Crippen molar-refractivity contribution < 1.29 is 22.4 Å². The molecular formula is C21H15F4NO. The lowest BCUT2D eigenvalue weighted by molar-refractivity contribution is 0.0815. The number of carbonyl (C=O) groups is 1. The van der Waals surface area contributed by atoms with E-state index in [-0.39, 0.29) is 5.56 Å². The molecule has 3 aromatic carbocycles. The summed E-state index contributed by atoms with van der Waals surface area (Å²) in [5.41, 5.74) is -1.08. The number of nitrogens with zero attached hydrogens (tertiary/aromatic N) is 1. The highest BCUT2D eigenvalue weighted by molar-refractivity contribution is 5.95. The molecule has 0 N–H and O–H groups in total. The van der Waals surface area contributed by atoms with Crippen LogP contribution in [0.15, 0.2) is 54.6 Å². The maximum absolute atomic E-state index is 14.8. The Kier molecular flexibility index (Phi) is 4.99.